The van der Waals surface area contributed by atoms with Crippen LogP contribution >= 0.6 is 0 Å². The van der Waals surface area contributed by atoms with Crippen molar-refractivity contribution in [3.63, 3.8) is 0 Å². The number of Topliss-reactive ketones (excluding diaryl/α,β-unsaturated/α-hetero) is 4. The van der Waals surface area contributed by atoms with E-state index in [4.69, 9.17) is 0 Å². The lowest BCUT2D eigenvalue weighted by molar-refractivity contribution is -0.161. The van der Waals surface area contributed by atoms with Crippen LogP contribution in [0.1, 0.15) is 60.3 Å². The van der Waals surface area contributed by atoms with E-state index in [1.807, 2.05) is 6.92 Å². The van der Waals surface area contributed by atoms with Gasteiger partial charge in [-0.3, -0.25) is 19.2 Å². The molecule has 4 heteroatoms. The van der Waals surface area contributed by atoms with Gasteiger partial charge in [-0.1, -0.05) is 19.8 Å². The van der Waals surface area contributed by atoms with Crippen molar-refractivity contribution >= 4 is 23.1 Å². The Morgan fingerprint density at radius 1 is 0.950 bits per heavy atom. The summed E-state index contributed by atoms with van der Waals surface area (Å²) in [5, 5.41) is 0. The molecule has 1 rings (SSSR count). The van der Waals surface area contributed by atoms with Gasteiger partial charge in [0.1, 0.15) is 5.92 Å². The van der Waals surface area contributed by atoms with E-state index in [2.05, 4.69) is 0 Å². The molecule has 0 saturated heterocycles. The van der Waals surface area contributed by atoms with Crippen molar-refractivity contribution in [3.05, 3.63) is 0 Å². The highest BCUT2D eigenvalue weighted by molar-refractivity contribution is 6.35. The molecule has 0 unspecified atom stereocenters. The maximum Gasteiger partial charge on any atom is 0.163 e. The van der Waals surface area contributed by atoms with Gasteiger partial charge in [-0.05, 0) is 34.1 Å². The van der Waals surface area contributed by atoms with Gasteiger partial charge < -0.3 is 0 Å². The number of carbonyl (C=O) groups excluding carboxylic acids is 4. The first-order valence-corrected chi connectivity index (χ1v) is 7.24. The molecule has 0 radical (unpaired) electrons. The second kappa shape index (κ2) is 5.58. The lowest BCUT2D eigenvalue weighted by Gasteiger charge is -2.39. The average Bonchev–Trinajstić information content (AvgIpc) is 2.36. The smallest absolute Gasteiger partial charge is 0.163 e. The zero-order valence-corrected chi connectivity index (χ0v) is 13.0. The van der Waals surface area contributed by atoms with Crippen LogP contribution < -0.4 is 0 Å². The molecule has 0 atom stereocenters. The lowest BCUT2D eigenvalue weighted by atomic mass is 9.58. The zero-order valence-electron chi connectivity index (χ0n) is 13.0. The van der Waals surface area contributed by atoms with Crippen LogP contribution in [0.3, 0.4) is 0 Å². The van der Waals surface area contributed by atoms with Gasteiger partial charge in [0, 0.05) is 6.42 Å². The number of rotatable bonds is 5. The van der Waals surface area contributed by atoms with Crippen molar-refractivity contribution in [1.82, 2.24) is 0 Å². The Morgan fingerprint density at radius 3 is 1.80 bits per heavy atom. The summed E-state index contributed by atoms with van der Waals surface area (Å²) in [4.78, 5) is 49.2. The highest BCUT2D eigenvalue weighted by Gasteiger charge is 2.59. The van der Waals surface area contributed by atoms with Gasteiger partial charge in [-0.25, -0.2) is 0 Å². The van der Waals surface area contributed by atoms with Crippen molar-refractivity contribution in [2.45, 2.75) is 60.3 Å². The minimum atomic E-state index is -1.26. The summed E-state index contributed by atoms with van der Waals surface area (Å²) in [6.45, 7) is 8.07. The number of carbonyl (C=O) groups is 4. The third-order valence-electron chi connectivity index (χ3n) is 4.24. The monoisotopic (exact) mass is 280 g/mol. The molecule has 20 heavy (non-hydrogen) atoms. The van der Waals surface area contributed by atoms with Crippen LogP contribution in [0.4, 0.5) is 0 Å². The van der Waals surface area contributed by atoms with E-state index < -0.39 is 34.1 Å². The topological polar surface area (TPSA) is 68.3 Å². The van der Waals surface area contributed by atoms with Crippen LogP contribution in [0.2, 0.25) is 0 Å². The summed E-state index contributed by atoms with van der Waals surface area (Å²) in [7, 11) is 0. The Kier molecular flexibility index (Phi) is 4.67. The van der Waals surface area contributed by atoms with Gasteiger partial charge in [-0.2, -0.15) is 0 Å². The third-order valence-corrected chi connectivity index (χ3v) is 4.24. The van der Waals surface area contributed by atoms with Gasteiger partial charge >= 0.3 is 0 Å². The molecule has 1 aliphatic carbocycles. The first-order valence-electron chi connectivity index (χ1n) is 7.24. The molecule has 0 spiro atoms. The quantitative estimate of drug-likeness (QED) is 0.573. The minimum Gasteiger partial charge on any atom is -0.298 e. The largest absolute Gasteiger partial charge is 0.298 e. The van der Waals surface area contributed by atoms with Gasteiger partial charge in [-0.15, -0.1) is 0 Å². The van der Waals surface area contributed by atoms with Crippen molar-refractivity contribution in [3.8, 4) is 0 Å². The van der Waals surface area contributed by atoms with E-state index in [1.54, 1.807) is 0 Å². The van der Waals surface area contributed by atoms with E-state index in [9.17, 15) is 19.2 Å². The molecule has 0 aromatic carbocycles. The molecule has 112 valence electrons. The number of hydrogen-bond acceptors (Lipinski definition) is 4. The summed E-state index contributed by atoms with van der Waals surface area (Å²) in [5.74, 6) is -3.05. The van der Waals surface area contributed by atoms with Crippen LogP contribution in [0.15, 0.2) is 0 Å². The van der Waals surface area contributed by atoms with Gasteiger partial charge in [0.05, 0.1) is 10.8 Å². The molecule has 1 saturated carbocycles. The Bertz CT molecular complexity index is 427. The van der Waals surface area contributed by atoms with Gasteiger partial charge in [0.25, 0.3) is 0 Å². The summed E-state index contributed by atoms with van der Waals surface area (Å²) < 4.78 is 0. The molecule has 0 heterocycles. The van der Waals surface area contributed by atoms with Crippen LogP contribution in [0.5, 0.6) is 0 Å². The molecule has 1 aliphatic rings. The van der Waals surface area contributed by atoms with Gasteiger partial charge in [0.15, 0.2) is 23.1 Å². The number of unbranched alkanes of at least 4 members (excludes halogenated alkanes) is 2. The highest BCUT2D eigenvalue weighted by Crippen LogP contribution is 2.41. The van der Waals surface area contributed by atoms with Crippen LogP contribution in [-0.4, -0.2) is 23.1 Å². The van der Waals surface area contributed by atoms with Crippen molar-refractivity contribution < 1.29 is 19.2 Å². The molecular weight excluding hydrogens is 256 g/mol. The second-order valence-corrected chi connectivity index (χ2v) is 6.66. The maximum atomic E-state index is 12.4. The predicted octanol–water partition coefficient (Wildman–Crippen LogP) is 2.53. The number of ketones is 4. The molecule has 0 aliphatic heterocycles. The fourth-order valence-electron chi connectivity index (χ4n) is 2.83. The van der Waals surface area contributed by atoms with Crippen LogP contribution in [-0.2, 0) is 19.2 Å². The molecule has 0 N–H and O–H groups in total. The lowest BCUT2D eigenvalue weighted by Crippen LogP contribution is -2.59. The predicted molar refractivity (Wildman–Crippen MR) is 75.2 cm³/mol. The van der Waals surface area contributed by atoms with E-state index in [0.29, 0.717) is 6.42 Å². The fraction of sp³-hybridized carbons (Fsp3) is 0.750. The molecule has 0 aromatic rings. The Balaban J connectivity index is 3.06. The Labute approximate surface area is 120 Å². The molecular formula is C16H24O4. The summed E-state index contributed by atoms with van der Waals surface area (Å²) in [6, 6.07) is 0. The first kappa shape index (κ1) is 16.7. The fourth-order valence-corrected chi connectivity index (χ4v) is 2.83. The van der Waals surface area contributed by atoms with E-state index in [-0.39, 0.29) is 12.2 Å². The SMILES string of the molecule is CCCCCC(=O)C1C(=O)C(C)(C)C(=O)C(C)(C)C1=O. The summed E-state index contributed by atoms with van der Waals surface area (Å²) in [5.41, 5.74) is -2.52. The van der Waals surface area contributed by atoms with Crippen LogP contribution in [0, 0.1) is 16.7 Å². The van der Waals surface area contributed by atoms with E-state index in [1.165, 1.54) is 27.7 Å². The Hall–Kier alpha value is -1.32. The average molecular weight is 280 g/mol. The maximum absolute atomic E-state index is 12.4. The third kappa shape index (κ3) is 2.60. The van der Waals surface area contributed by atoms with Crippen molar-refractivity contribution in [1.29, 1.82) is 0 Å². The number of hydrogen-bond donors (Lipinski definition) is 0. The zero-order chi connectivity index (χ0) is 15.7. The van der Waals surface area contributed by atoms with Crippen molar-refractivity contribution in [2.24, 2.45) is 16.7 Å². The Morgan fingerprint density at radius 2 is 1.40 bits per heavy atom. The van der Waals surface area contributed by atoms with Crippen molar-refractivity contribution in [2.75, 3.05) is 0 Å². The molecule has 0 aromatic heterocycles. The molecule has 4 nitrogen and oxygen atoms in total. The highest BCUT2D eigenvalue weighted by atomic mass is 16.2. The van der Waals surface area contributed by atoms with Crippen LogP contribution in [0.25, 0.3) is 0 Å². The standard InChI is InChI=1S/C16H24O4/c1-6-7-8-9-10(17)11-12(18)15(2,3)14(20)16(4,5)13(11)19/h11H,6-9H2,1-5H3. The van der Waals surface area contributed by atoms with E-state index in [0.717, 1.165) is 12.8 Å². The molecule has 0 amide bonds. The second-order valence-electron chi connectivity index (χ2n) is 6.66. The normalized spacial score (nSPS) is 22.1. The first-order chi connectivity index (χ1) is 9.08. The summed E-state index contributed by atoms with van der Waals surface area (Å²) in [6.07, 6.45) is 2.78. The summed E-state index contributed by atoms with van der Waals surface area (Å²) >= 11 is 0. The molecule has 0 bridgehead atoms. The minimum absolute atomic E-state index is 0.232. The van der Waals surface area contributed by atoms with E-state index >= 15 is 0 Å². The van der Waals surface area contributed by atoms with Gasteiger partial charge in [0.2, 0.25) is 0 Å². The molecule has 1 fully saturated rings.